The molecular weight excluding hydrogens is 300 g/mol. The lowest BCUT2D eigenvalue weighted by Crippen LogP contribution is -2.14. The number of methoxy groups -OCH3 is 1. The van der Waals surface area contributed by atoms with Gasteiger partial charge in [0, 0.05) is 11.1 Å². The number of pyridine rings is 1. The maximum atomic E-state index is 12.7. The average Bonchev–Trinajstić information content (AvgIpc) is 2.52. The van der Waals surface area contributed by atoms with Crippen LogP contribution in [0.5, 0.6) is 5.75 Å². The van der Waals surface area contributed by atoms with Gasteiger partial charge in [-0.05, 0) is 68.3 Å². The molecule has 4 nitrogen and oxygen atoms in total. The molecule has 24 heavy (non-hydrogen) atoms. The van der Waals surface area contributed by atoms with E-state index in [0.29, 0.717) is 11.3 Å². The van der Waals surface area contributed by atoms with Crippen molar-refractivity contribution < 1.29 is 9.53 Å². The Balaban J connectivity index is 1.97. The smallest absolute Gasteiger partial charge is 0.257 e. The number of amides is 1. The molecule has 3 rings (SSSR count). The summed E-state index contributed by atoms with van der Waals surface area (Å²) in [5.41, 5.74) is 5.13. The number of aryl methyl sites for hydroxylation is 3. The maximum Gasteiger partial charge on any atom is 0.257 e. The van der Waals surface area contributed by atoms with Gasteiger partial charge in [0.25, 0.3) is 5.91 Å². The number of ether oxygens (including phenoxy) is 1. The summed E-state index contributed by atoms with van der Waals surface area (Å²) < 4.78 is 5.25. The number of hydrogen-bond donors (Lipinski definition) is 1. The van der Waals surface area contributed by atoms with Crippen molar-refractivity contribution in [1.29, 1.82) is 0 Å². The van der Waals surface area contributed by atoms with Crippen molar-refractivity contribution in [3.63, 3.8) is 0 Å². The predicted octanol–water partition coefficient (Wildman–Crippen LogP) is 4.42. The van der Waals surface area contributed by atoms with E-state index in [-0.39, 0.29) is 5.91 Å². The molecule has 0 unspecified atom stereocenters. The second-order valence-corrected chi connectivity index (χ2v) is 6.01. The van der Waals surface area contributed by atoms with E-state index in [9.17, 15) is 4.79 Å². The maximum absolute atomic E-state index is 12.7. The van der Waals surface area contributed by atoms with E-state index < -0.39 is 0 Å². The van der Waals surface area contributed by atoms with Gasteiger partial charge in [-0.25, -0.2) is 0 Å². The summed E-state index contributed by atoms with van der Waals surface area (Å²) in [4.78, 5) is 17.2. The minimum Gasteiger partial charge on any atom is -0.497 e. The third kappa shape index (κ3) is 3.23. The Bertz CT molecular complexity index is 912. The van der Waals surface area contributed by atoms with Gasteiger partial charge >= 0.3 is 0 Å². The van der Waals surface area contributed by atoms with Crippen LogP contribution in [0.15, 0.2) is 42.5 Å². The monoisotopic (exact) mass is 320 g/mol. The quantitative estimate of drug-likeness (QED) is 0.777. The molecule has 0 aliphatic heterocycles. The third-order valence-electron chi connectivity index (χ3n) is 3.94. The summed E-state index contributed by atoms with van der Waals surface area (Å²) >= 11 is 0. The highest BCUT2D eigenvalue weighted by atomic mass is 16.5. The predicted molar refractivity (Wildman–Crippen MR) is 96.9 cm³/mol. The van der Waals surface area contributed by atoms with Crippen molar-refractivity contribution in [3.8, 4) is 5.75 Å². The van der Waals surface area contributed by atoms with E-state index in [4.69, 9.17) is 4.74 Å². The van der Waals surface area contributed by atoms with Crippen LogP contribution in [0.4, 0.5) is 5.69 Å². The van der Waals surface area contributed by atoms with Crippen LogP contribution >= 0.6 is 0 Å². The largest absolute Gasteiger partial charge is 0.497 e. The second-order valence-electron chi connectivity index (χ2n) is 6.01. The molecule has 3 aromatic rings. The first-order valence-corrected chi connectivity index (χ1v) is 7.81. The summed E-state index contributed by atoms with van der Waals surface area (Å²) in [5, 5.41) is 3.84. The number of nitrogens with one attached hydrogen (secondary N) is 1. The van der Waals surface area contributed by atoms with Crippen LogP contribution in [-0.4, -0.2) is 18.0 Å². The number of benzene rings is 2. The van der Waals surface area contributed by atoms with Gasteiger partial charge in [0.15, 0.2) is 0 Å². The Labute approximate surface area is 141 Å². The van der Waals surface area contributed by atoms with Crippen LogP contribution in [0.1, 0.15) is 27.2 Å². The molecule has 0 saturated carbocycles. The zero-order valence-corrected chi connectivity index (χ0v) is 14.3. The third-order valence-corrected chi connectivity index (χ3v) is 3.94. The number of anilines is 1. The Kier molecular flexibility index (Phi) is 4.21. The molecule has 0 bridgehead atoms. The highest BCUT2D eigenvalue weighted by Gasteiger charge is 2.13. The van der Waals surface area contributed by atoms with E-state index in [1.165, 1.54) is 0 Å². The number of carbonyl (C=O) groups excluding carboxylic acids is 1. The van der Waals surface area contributed by atoms with Crippen molar-refractivity contribution in [1.82, 2.24) is 4.98 Å². The first-order chi connectivity index (χ1) is 11.5. The molecule has 0 aliphatic carbocycles. The molecule has 1 amide bonds. The number of hydrogen-bond acceptors (Lipinski definition) is 3. The molecule has 0 saturated heterocycles. The minimum absolute atomic E-state index is 0.158. The van der Waals surface area contributed by atoms with Gasteiger partial charge < -0.3 is 10.1 Å². The van der Waals surface area contributed by atoms with Crippen molar-refractivity contribution in [3.05, 3.63) is 64.8 Å². The Hall–Kier alpha value is -2.88. The van der Waals surface area contributed by atoms with Crippen LogP contribution in [0.2, 0.25) is 0 Å². The van der Waals surface area contributed by atoms with Gasteiger partial charge in [-0.1, -0.05) is 6.07 Å². The Morgan fingerprint density at radius 2 is 1.71 bits per heavy atom. The van der Waals surface area contributed by atoms with Gasteiger partial charge in [0.05, 0.1) is 23.9 Å². The molecule has 0 radical (unpaired) electrons. The summed E-state index contributed by atoms with van der Waals surface area (Å²) in [7, 11) is 1.62. The van der Waals surface area contributed by atoms with Crippen LogP contribution < -0.4 is 10.1 Å². The number of rotatable bonds is 3. The van der Waals surface area contributed by atoms with E-state index in [0.717, 1.165) is 33.5 Å². The zero-order chi connectivity index (χ0) is 17.3. The van der Waals surface area contributed by atoms with Crippen molar-refractivity contribution in [2.24, 2.45) is 0 Å². The van der Waals surface area contributed by atoms with E-state index in [1.807, 2.05) is 57.2 Å². The molecule has 0 aliphatic rings. The Morgan fingerprint density at radius 1 is 1.00 bits per heavy atom. The van der Waals surface area contributed by atoms with Crippen LogP contribution in [0.3, 0.4) is 0 Å². The van der Waals surface area contributed by atoms with Crippen molar-refractivity contribution in [2.45, 2.75) is 20.8 Å². The first-order valence-electron chi connectivity index (χ1n) is 7.81. The zero-order valence-electron chi connectivity index (χ0n) is 14.3. The second kappa shape index (κ2) is 6.32. The van der Waals surface area contributed by atoms with Gasteiger partial charge in [0.2, 0.25) is 0 Å². The van der Waals surface area contributed by atoms with Gasteiger partial charge in [-0.3, -0.25) is 9.78 Å². The fourth-order valence-corrected chi connectivity index (χ4v) is 2.85. The standard InChI is InChI=1S/C20H20N2O2/c1-12-7-13(2)9-16(8-12)22-20(23)18-11-15-10-17(24-4)5-6-19(15)21-14(18)3/h5-11H,1-4H3,(H,22,23). The number of fused-ring (bicyclic) bond motifs is 1. The van der Waals surface area contributed by atoms with Gasteiger partial charge in [-0.2, -0.15) is 0 Å². The summed E-state index contributed by atoms with van der Waals surface area (Å²) in [5.74, 6) is 0.587. The Morgan fingerprint density at radius 3 is 2.38 bits per heavy atom. The molecule has 0 spiro atoms. The number of aromatic nitrogens is 1. The molecule has 1 heterocycles. The summed E-state index contributed by atoms with van der Waals surface area (Å²) in [6.07, 6.45) is 0. The average molecular weight is 320 g/mol. The van der Waals surface area contributed by atoms with Crippen LogP contribution in [-0.2, 0) is 0 Å². The van der Waals surface area contributed by atoms with Gasteiger partial charge in [0.1, 0.15) is 5.75 Å². The summed E-state index contributed by atoms with van der Waals surface area (Å²) in [6, 6.07) is 13.5. The minimum atomic E-state index is -0.158. The van der Waals surface area contributed by atoms with Crippen LogP contribution in [0, 0.1) is 20.8 Å². The first kappa shape index (κ1) is 16.0. The molecule has 1 N–H and O–H groups in total. The number of nitrogens with zero attached hydrogens (tertiary/aromatic N) is 1. The van der Waals surface area contributed by atoms with E-state index in [2.05, 4.69) is 16.4 Å². The van der Waals surface area contributed by atoms with E-state index in [1.54, 1.807) is 7.11 Å². The normalized spacial score (nSPS) is 10.7. The fourth-order valence-electron chi connectivity index (χ4n) is 2.85. The SMILES string of the molecule is COc1ccc2nc(C)c(C(=O)Nc3cc(C)cc(C)c3)cc2c1. The molecule has 4 heteroatoms. The van der Waals surface area contributed by atoms with Crippen molar-refractivity contribution in [2.75, 3.05) is 12.4 Å². The lowest BCUT2D eigenvalue weighted by atomic mass is 10.1. The van der Waals surface area contributed by atoms with Crippen molar-refractivity contribution >= 4 is 22.5 Å². The molecule has 0 fully saturated rings. The topological polar surface area (TPSA) is 51.2 Å². The fraction of sp³-hybridized carbons (Fsp3) is 0.200. The molecular formula is C20H20N2O2. The molecule has 1 aromatic heterocycles. The summed E-state index contributed by atoms with van der Waals surface area (Å²) in [6.45, 7) is 5.87. The lowest BCUT2D eigenvalue weighted by molar-refractivity contribution is 0.102. The molecule has 122 valence electrons. The molecule has 0 atom stereocenters. The number of carbonyl (C=O) groups is 1. The molecule has 2 aromatic carbocycles. The van der Waals surface area contributed by atoms with E-state index >= 15 is 0 Å². The van der Waals surface area contributed by atoms with Crippen LogP contribution in [0.25, 0.3) is 10.9 Å². The van der Waals surface area contributed by atoms with Gasteiger partial charge in [-0.15, -0.1) is 0 Å². The lowest BCUT2D eigenvalue weighted by Gasteiger charge is -2.11. The highest BCUT2D eigenvalue weighted by Crippen LogP contribution is 2.23. The highest BCUT2D eigenvalue weighted by molar-refractivity contribution is 6.06.